The molecule has 398 valence electrons. The van der Waals surface area contributed by atoms with Gasteiger partial charge in [0.1, 0.15) is 0 Å². The fourth-order valence-corrected chi connectivity index (χ4v) is 10.2. The van der Waals surface area contributed by atoms with Gasteiger partial charge in [0.25, 0.3) is 0 Å². The molecule has 8 nitrogen and oxygen atoms in total. The predicted molar refractivity (Wildman–Crippen MR) is 317 cm³/mol. The van der Waals surface area contributed by atoms with Crippen LogP contribution in [-0.4, -0.2) is 34.1 Å². The smallest absolute Gasteiger partial charge is 0.497 e. The van der Waals surface area contributed by atoms with E-state index >= 15 is 0 Å². The summed E-state index contributed by atoms with van der Waals surface area (Å²) in [5.41, 5.74) is 15.3. The molecule has 0 fully saturated rings. The number of hydrogen-bond acceptors (Lipinski definition) is 6. The first kappa shape index (κ1) is 55.5. The Morgan fingerprint density at radius 2 is 0.897 bits per heavy atom. The SMILES string of the molecule is CC(C)c1cc(-c2nc(-c3ccccc3)nc(-c3ccccc3)n2)cc(C(C)C)c1-n1ccnc1-c1[c-]c(Oc2[c-]c(-c3nc4ccccc4n3-c3c(C(C)C)cccc3C(C)C)cc(C(C)(C)C)c2)cc(C(C)(C)C)c1.[Pt+2]. The number of aromatic nitrogens is 7. The van der Waals surface area contributed by atoms with Crippen LogP contribution in [0.15, 0.2) is 152 Å². The van der Waals surface area contributed by atoms with E-state index in [0.29, 0.717) is 29.0 Å². The van der Waals surface area contributed by atoms with Crippen LogP contribution in [0.5, 0.6) is 11.5 Å². The van der Waals surface area contributed by atoms with E-state index in [2.05, 4.69) is 203 Å². The Labute approximate surface area is 476 Å². The van der Waals surface area contributed by atoms with Crippen molar-refractivity contribution >= 4 is 11.0 Å². The minimum atomic E-state index is -0.236. The summed E-state index contributed by atoms with van der Waals surface area (Å²) in [5.74, 6) is 5.49. The second-order valence-corrected chi connectivity index (χ2v) is 23.7. The Morgan fingerprint density at radius 1 is 0.449 bits per heavy atom. The Balaban J connectivity index is 0.00000740. The molecule has 0 spiro atoms. The molecule has 0 saturated carbocycles. The summed E-state index contributed by atoms with van der Waals surface area (Å²) in [6.45, 7) is 31.5. The Morgan fingerprint density at radius 3 is 1.37 bits per heavy atom. The van der Waals surface area contributed by atoms with Gasteiger partial charge in [0.2, 0.25) is 0 Å². The molecule has 10 rings (SSSR count). The molecule has 3 aromatic heterocycles. The zero-order valence-electron chi connectivity index (χ0n) is 47.6. The average Bonchev–Trinajstić information content (AvgIpc) is 4.07. The van der Waals surface area contributed by atoms with E-state index in [1.165, 1.54) is 16.8 Å². The number of nitrogens with zero attached hydrogens (tertiary/aromatic N) is 7. The van der Waals surface area contributed by atoms with E-state index in [4.69, 9.17) is 29.7 Å². The molecule has 0 amide bonds. The van der Waals surface area contributed by atoms with E-state index in [0.717, 1.165) is 78.4 Å². The zero-order valence-corrected chi connectivity index (χ0v) is 49.9. The molecule has 9 heteroatoms. The van der Waals surface area contributed by atoms with Gasteiger partial charge in [0.05, 0.1) is 22.7 Å². The predicted octanol–water partition coefficient (Wildman–Crippen LogP) is 18.2. The van der Waals surface area contributed by atoms with E-state index in [-0.39, 0.29) is 55.6 Å². The van der Waals surface area contributed by atoms with Crippen molar-refractivity contribution in [2.75, 3.05) is 0 Å². The van der Waals surface area contributed by atoms with E-state index < -0.39 is 0 Å². The molecule has 0 aliphatic carbocycles. The zero-order chi connectivity index (χ0) is 54.5. The third kappa shape index (κ3) is 11.2. The molecule has 0 unspecified atom stereocenters. The summed E-state index contributed by atoms with van der Waals surface area (Å²) in [6, 6.07) is 56.2. The largest absolute Gasteiger partial charge is 2.00 e. The van der Waals surface area contributed by atoms with Crippen LogP contribution in [0.1, 0.15) is 154 Å². The molecule has 0 radical (unpaired) electrons. The maximum absolute atomic E-state index is 7.11. The van der Waals surface area contributed by atoms with Gasteiger partial charge in [-0.1, -0.05) is 212 Å². The van der Waals surface area contributed by atoms with Crippen LogP contribution >= 0.6 is 0 Å². The number of rotatable bonds is 13. The second kappa shape index (κ2) is 22.2. The number of para-hydroxylation sites is 3. The van der Waals surface area contributed by atoms with E-state index in [1.54, 1.807) is 0 Å². The molecule has 7 aromatic carbocycles. The first-order chi connectivity index (χ1) is 36.7. The van der Waals surface area contributed by atoms with Crippen molar-refractivity contribution in [2.24, 2.45) is 0 Å². The van der Waals surface area contributed by atoms with Crippen molar-refractivity contribution in [3.63, 3.8) is 0 Å². The summed E-state index contributed by atoms with van der Waals surface area (Å²) in [6.07, 6.45) is 3.96. The summed E-state index contributed by atoms with van der Waals surface area (Å²) in [7, 11) is 0. The van der Waals surface area contributed by atoms with Crippen LogP contribution in [-0.2, 0) is 31.9 Å². The maximum Gasteiger partial charge on any atom is 2.00 e. The number of hydrogen-bond donors (Lipinski definition) is 0. The Hall–Kier alpha value is -7.28. The molecule has 0 bridgehead atoms. The van der Waals surface area contributed by atoms with Crippen molar-refractivity contribution in [3.8, 4) is 79.8 Å². The molecule has 0 N–H and O–H groups in total. The summed E-state index contributed by atoms with van der Waals surface area (Å²) in [5, 5.41) is 0. The first-order valence-corrected chi connectivity index (χ1v) is 27.3. The van der Waals surface area contributed by atoms with Gasteiger partial charge in [-0.15, -0.1) is 34.4 Å². The Bertz CT molecular complexity index is 3650. The third-order valence-corrected chi connectivity index (χ3v) is 14.5. The monoisotopic (exact) mass is 1210 g/mol. The molecule has 0 saturated heterocycles. The quantitative estimate of drug-likeness (QED) is 0.107. The van der Waals surface area contributed by atoms with Gasteiger partial charge < -0.3 is 13.9 Å². The molecule has 0 aliphatic heterocycles. The fourth-order valence-electron chi connectivity index (χ4n) is 10.2. The molecule has 0 aliphatic rings. The van der Waals surface area contributed by atoms with Crippen molar-refractivity contribution in [3.05, 3.63) is 197 Å². The first-order valence-electron chi connectivity index (χ1n) is 27.3. The van der Waals surface area contributed by atoms with Gasteiger partial charge in [-0.25, -0.2) is 15.0 Å². The van der Waals surface area contributed by atoms with Gasteiger partial charge in [0, 0.05) is 52.0 Å². The van der Waals surface area contributed by atoms with Crippen molar-refractivity contribution < 1.29 is 25.8 Å². The normalized spacial score (nSPS) is 12.1. The van der Waals surface area contributed by atoms with E-state index in [1.807, 2.05) is 66.9 Å². The van der Waals surface area contributed by atoms with Crippen LogP contribution in [0.2, 0.25) is 0 Å². The number of fused-ring (bicyclic) bond motifs is 1. The van der Waals surface area contributed by atoms with Crippen LogP contribution in [0.4, 0.5) is 0 Å². The molecule has 3 heterocycles. The van der Waals surface area contributed by atoms with Crippen molar-refractivity contribution in [1.29, 1.82) is 0 Å². The molecule has 78 heavy (non-hydrogen) atoms. The minimum Gasteiger partial charge on any atom is -0.497 e. The van der Waals surface area contributed by atoms with Crippen LogP contribution in [0.25, 0.3) is 79.3 Å². The summed E-state index contributed by atoms with van der Waals surface area (Å²) in [4.78, 5) is 25.8. The summed E-state index contributed by atoms with van der Waals surface area (Å²) < 4.78 is 11.7. The molecule has 10 aromatic rings. The molecule has 0 atom stereocenters. The molecular formula is C69H71N7OPt. The minimum absolute atomic E-state index is 0. The van der Waals surface area contributed by atoms with Crippen molar-refractivity contribution in [2.45, 2.75) is 131 Å². The Kier molecular flexibility index (Phi) is 15.8. The fraction of sp³-hybridized carbons (Fsp3) is 0.290. The van der Waals surface area contributed by atoms with Crippen LogP contribution in [0, 0.1) is 12.1 Å². The van der Waals surface area contributed by atoms with Crippen LogP contribution in [0.3, 0.4) is 0 Å². The standard InChI is InChI=1S/C69H71N7O.Pt/c1-42(2)55-28-23-29-56(43(3)4)62(55)76-60-31-22-21-30-59(60)71-67(76)50-35-52(69(12,13)14)41-54(37-50)77-53-36-49(34-51(40-53)68(9,10)11)66-70-32-33-75(66)61-57(44(5)6)38-48(39-58(61)45(7)8)65-73-63(46-24-17-15-18-25-46)72-64(74-65)47-26-19-16-20-27-47;/h15-35,38-45H,1-14H3;/q-2;+2. The second-order valence-electron chi connectivity index (χ2n) is 23.7. The third-order valence-electron chi connectivity index (χ3n) is 14.5. The van der Waals surface area contributed by atoms with Gasteiger partial charge in [-0.3, -0.25) is 9.97 Å². The van der Waals surface area contributed by atoms with E-state index in [9.17, 15) is 0 Å². The van der Waals surface area contributed by atoms with Gasteiger partial charge in [-0.05, 0) is 81.0 Å². The molecular weight excluding hydrogens is 1140 g/mol. The summed E-state index contributed by atoms with van der Waals surface area (Å²) >= 11 is 0. The average molecular weight is 1210 g/mol. The van der Waals surface area contributed by atoms with Crippen LogP contribution < -0.4 is 4.74 Å². The number of ether oxygens (including phenoxy) is 1. The maximum atomic E-state index is 7.11. The van der Waals surface area contributed by atoms with Gasteiger partial charge in [0.15, 0.2) is 17.5 Å². The van der Waals surface area contributed by atoms with Gasteiger partial charge in [-0.2, -0.15) is 0 Å². The van der Waals surface area contributed by atoms with Gasteiger partial charge >= 0.3 is 21.1 Å². The number of imidazole rings is 2. The topological polar surface area (TPSA) is 83.5 Å². The van der Waals surface area contributed by atoms with Crippen molar-refractivity contribution in [1.82, 2.24) is 34.1 Å². The number of benzene rings is 7.